The lowest BCUT2D eigenvalue weighted by atomic mass is 10.2. The number of aromatic nitrogens is 1. The van der Waals surface area contributed by atoms with Gasteiger partial charge in [-0.1, -0.05) is 22.0 Å². The molecular weight excluding hydrogens is 316 g/mol. The number of nitrogens with zero attached hydrogens (tertiary/aromatic N) is 1. The molecule has 1 aromatic heterocycles. The minimum absolute atomic E-state index is 0.169. The molecule has 0 fully saturated rings. The number of aryl methyl sites for hydroxylation is 2. The number of rotatable bonds is 2. The average Bonchev–Trinajstić information content (AvgIpc) is 2.82. The number of halogens is 3. The first-order chi connectivity index (χ1) is 9.13. The van der Waals surface area contributed by atoms with Gasteiger partial charge in [-0.25, -0.2) is 9.37 Å². The summed E-state index contributed by atoms with van der Waals surface area (Å²) in [6.45, 7) is 0. The van der Waals surface area contributed by atoms with E-state index in [9.17, 15) is 8.78 Å². The van der Waals surface area contributed by atoms with Crippen molar-refractivity contribution in [2.24, 2.45) is 0 Å². The summed E-state index contributed by atoms with van der Waals surface area (Å²) in [5.41, 5.74) is 2.18. The van der Waals surface area contributed by atoms with Crippen LogP contribution in [0.15, 0.2) is 28.7 Å². The van der Waals surface area contributed by atoms with Crippen LogP contribution in [0.5, 0.6) is 11.6 Å². The van der Waals surface area contributed by atoms with Gasteiger partial charge < -0.3 is 4.74 Å². The largest absolute Gasteiger partial charge is 0.436 e. The Labute approximate surface area is 117 Å². The van der Waals surface area contributed by atoms with Gasteiger partial charge in [0.15, 0.2) is 11.6 Å². The Morgan fingerprint density at radius 1 is 1.16 bits per heavy atom. The molecule has 1 aliphatic carbocycles. The van der Waals surface area contributed by atoms with Crippen molar-refractivity contribution in [2.75, 3.05) is 0 Å². The maximum Gasteiger partial charge on any atom is 0.219 e. The summed E-state index contributed by atoms with van der Waals surface area (Å²) in [7, 11) is 0. The average molecular weight is 326 g/mol. The van der Waals surface area contributed by atoms with Crippen LogP contribution in [0.25, 0.3) is 0 Å². The lowest BCUT2D eigenvalue weighted by Gasteiger charge is -2.08. The molecule has 0 atom stereocenters. The number of hydrogen-bond donors (Lipinski definition) is 0. The van der Waals surface area contributed by atoms with E-state index in [1.807, 2.05) is 6.07 Å². The molecule has 1 aliphatic rings. The molecule has 0 N–H and O–H groups in total. The molecule has 0 amide bonds. The number of pyridine rings is 1. The first-order valence-electron chi connectivity index (χ1n) is 5.94. The van der Waals surface area contributed by atoms with E-state index in [-0.39, 0.29) is 11.6 Å². The zero-order chi connectivity index (χ0) is 13.4. The molecule has 0 radical (unpaired) electrons. The van der Waals surface area contributed by atoms with Gasteiger partial charge in [-0.05, 0) is 37.0 Å². The summed E-state index contributed by atoms with van der Waals surface area (Å²) < 4.78 is 32.6. The van der Waals surface area contributed by atoms with Crippen molar-refractivity contribution in [1.82, 2.24) is 4.98 Å². The Morgan fingerprint density at radius 3 is 2.84 bits per heavy atom. The van der Waals surface area contributed by atoms with E-state index in [0.29, 0.717) is 4.47 Å². The van der Waals surface area contributed by atoms with Crippen LogP contribution in [-0.2, 0) is 12.8 Å². The lowest BCUT2D eigenvalue weighted by molar-refractivity contribution is 0.404. The maximum atomic E-state index is 13.6. The number of benzene rings is 1. The maximum absolute atomic E-state index is 13.6. The van der Waals surface area contributed by atoms with Crippen LogP contribution in [0.1, 0.15) is 17.7 Å². The molecule has 19 heavy (non-hydrogen) atoms. The minimum atomic E-state index is -1.01. The van der Waals surface area contributed by atoms with Crippen LogP contribution in [0.3, 0.4) is 0 Å². The van der Waals surface area contributed by atoms with Gasteiger partial charge in [-0.15, -0.1) is 0 Å². The van der Waals surface area contributed by atoms with Gasteiger partial charge in [0.25, 0.3) is 0 Å². The topological polar surface area (TPSA) is 22.1 Å². The van der Waals surface area contributed by atoms with Crippen molar-refractivity contribution >= 4 is 15.9 Å². The van der Waals surface area contributed by atoms with Crippen LogP contribution in [0.4, 0.5) is 8.78 Å². The van der Waals surface area contributed by atoms with Crippen LogP contribution in [0.2, 0.25) is 0 Å². The highest BCUT2D eigenvalue weighted by atomic mass is 79.9. The predicted molar refractivity (Wildman–Crippen MR) is 70.4 cm³/mol. The first kappa shape index (κ1) is 12.5. The number of fused-ring (bicyclic) bond motifs is 1. The molecule has 0 bridgehead atoms. The van der Waals surface area contributed by atoms with Crippen molar-refractivity contribution in [2.45, 2.75) is 19.3 Å². The van der Waals surface area contributed by atoms with E-state index in [4.69, 9.17) is 4.74 Å². The lowest BCUT2D eigenvalue weighted by Crippen LogP contribution is -1.96. The van der Waals surface area contributed by atoms with Gasteiger partial charge >= 0.3 is 0 Å². The van der Waals surface area contributed by atoms with E-state index in [0.717, 1.165) is 31.0 Å². The smallest absolute Gasteiger partial charge is 0.219 e. The molecule has 2 aromatic rings. The second kappa shape index (κ2) is 4.89. The Morgan fingerprint density at radius 2 is 2.00 bits per heavy atom. The first-order valence-corrected chi connectivity index (χ1v) is 6.74. The molecule has 0 aliphatic heterocycles. The highest BCUT2D eigenvalue weighted by Crippen LogP contribution is 2.30. The minimum Gasteiger partial charge on any atom is -0.436 e. The quantitative estimate of drug-likeness (QED) is 0.763. The van der Waals surface area contributed by atoms with E-state index in [1.165, 1.54) is 11.6 Å². The van der Waals surface area contributed by atoms with Crippen LogP contribution in [0, 0.1) is 11.6 Å². The van der Waals surface area contributed by atoms with Crippen molar-refractivity contribution < 1.29 is 13.5 Å². The highest BCUT2D eigenvalue weighted by molar-refractivity contribution is 9.10. The van der Waals surface area contributed by atoms with Crippen LogP contribution < -0.4 is 4.74 Å². The van der Waals surface area contributed by atoms with Crippen molar-refractivity contribution in [3.05, 3.63) is 51.6 Å². The Balaban J connectivity index is 1.93. The van der Waals surface area contributed by atoms with Crippen molar-refractivity contribution in [3.63, 3.8) is 0 Å². The standard InChI is InChI=1S/C14H10BrF2NO/c15-9-6-10(16)14(17)12(7-9)19-13-5-4-8-2-1-3-11(8)18-13/h4-7H,1-3H2. The van der Waals surface area contributed by atoms with Gasteiger partial charge in [0, 0.05) is 16.2 Å². The van der Waals surface area contributed by atoms with Gasteiger partial charge in [-0.2, -0.15) is 4.39 Å². The van der Waals surface area contributed by atoms with Crippen molar-refractivity contribution in [1.29, 1.82) is 0 Å². The van der Waals surface area contributed by atoms with Gasteiger partial charge in [0.2, 0.25) is 11.7 Å². The fraction of sp³-hybridized carbons (Fsp3) is 0.214. The molecular formula is C14H10BrF2NO. The second-order valence-electron chi connectivity index (χ2n) is 4.41. The summed E-state index contributed by atoms with van der Waals surface area (Å²) in [5, 5.41) is 0. The molecule has 3 rings (SSSR count). The van der Waals surface area contributed by atoms with E-state index in [1.54, 1.807) is 6.07 Å². The monoisotopic (exact) mass is 325 g/mol. The van der Waals surface area contributed by atoms with E-state index >= 15 is 0 Å². The molecule has 1 aromatic carbocycles. The molecule has 0 unspecified atom stereocenters. The predicted octanol–water partition coefficient (Wildman–Crippen LogP) is 4.40. The number of ether oxygens (including phenoxy) is 1. The summed E-state index contributed by atoms with van der Waals surface area (Å²) in [5.74, 6) is -1.84. The zero-order valence-corrected chi connectivity index (χ0v) is 11.5. The summed E-state index contributed by atoms with van der Waals surface area (Å²) in [4.78, 5) is 4.32. The van der Waals surface area contributed by atoms with Crippen LogP contribution in [-0.4, -0.2) is 4.98 Å². The third-order valence-corrected chi connectivity index (χ3v) is 3.53. The normalized spacial score (nSPS) is 13.4. The molecule has 2 nitrogen and oxygen atoms in total. The molecule has 5 heteroatoms. The summed E-state index contributed by atoms with van der Waals surface area (Å²) in [6, 6.07) is 6.05. The molecule has 0 saturated carbocycles. The van der Waals surface area contributed by atoms with Gasteiger partial charge in [-0.3, -0.25) is 0 Å². The Kier molecular flexibility index (Phi) is 3.22. The Hall–Kier alpha value is -1.49. The third kappa shape index (κ3) is 2.47. The van der Waals surface area contributed by atoms with Crippen LogP contribution >= 0.6 is 15.9 Å². The summed E-state index contributed by atoms with van der Waals surface area (Å²) in [6.07, 6.45) is 3.00. The third-order valence-electron chi connectivity index (χ3n) is 3.08. The SMILES string of the molecule is Fc1cc(Br)cc(Oc2ccc3c(n2)CCC3)c1F. The molecule has 1 heterocycles. The van der Waals surface area contributed by atoms with Gasteiger partial charge in [0.1, 0.15) is 0 Å². The van der Waals surface area contributed by atoms with Crippen molar-refractivity contribution in [3.8, 4) is 11.6 Å². The van der Waals surface area contributed by atoms with Gasteiger partial charge in [0.05, 0.1) is 0 Å². The zero-order valence-electron chi connectivity index (χ0n) is 9.92. The molecule has 0 spiro atoms. The second-order valence-corrected chi connectivity index (χ2v) is 5.33. The highest BCUT2D eigenvalue weighted by Gasteiger charge is 2.16. The van der Waals surface area contributed by atoms with E-state index in [2.05, 4.69) is 20.9 Å². The molecule has 98 valence electrons. The summed E-state index contributed by atoms with van der Waals surface area (Å²) >= 11 is 3.10. The Bertz CT molecular complexity index is 646. The van der Waals surface area contributed by atoms with E-state index < -0.39 is 11.6 Å². The fourth-order valence-corrected chi connectivity index (χ4v) is 2.59. The molecule has 0 saturated heterocycles. The number of hydrogen-bond acceptors (Lipinski definition) is 2. The fourth-order valence-electron chi connectivity index (χ4n) is 2.18.